The molecule has 43 heavy (non-hydrogen) atoms. The van der Waals surface area contributed by atoms with Crippen molar-refractivity contribution in [3.8, 4) is 0 Å². The van der Waals surface area contributed by atoms with Crippen LogP contribution in [0.5, 0.6) is 0 Å². The molecule has 2 bridgehead atoms. The molecule has 4 aromatic heterocycles. The Hall–Kier alpha value is -3.23. The molecule has 0 radical (unpaired) electrons. The molecule has 0 amide bonds. The van der Waals surface area contributed by atoms with Crippen molar-refractivity contribution in [3.63, 3.8) is 0 Å². The molecule has 3 aliphatic rings. The third kappa shape index (κ3) is 4.96. The number of phosphoric acid groups is 1. The average Bonchev–Trinajstić information content (AvgIpc) is 3.71. The number of phosphoric ester groups is 1. The highest BCUT2D eigenvalue weighted by Gasteiger charge is 2.52. The number of rotatable bonds is 2. The van der Waals surface area contributed by atoms with Crippen LogP contribution in [0.15, 0.2) is 23.8 Å². The first-order valence-corrected chi connectivity index (χ1v) is 14.9. The van der Waals surface area contributed by atoms with Gasteiger partial charge in [-0.2, -0.15) is 4.98 Å². The van der Waals surface area contributed by atoms with Crippen molar-refractivity contribution in [2.24, 2.45) is 0 Å². The first-order chi connectivity index (χ1) is 20.6. The number of hydrogen-bond donors (Lipinski definition) is 5. The summed E-state index contributed by atoms with van der Waals surface area (Å²) in [4.78, 5) is 45.3. The number of aliphatic hydroxyl groups is 1. The van der Waals surface area contributed by atoms with Crippen LogP contribution < -0.4 is 17.0 Å². The van der Waals surface area contributed by atoms with Gasteiger partial charge in [-0.15, -0.1) is 0 Å². The molecule has 7 rings (SSSR count). The lowest BCUT2D eigenvalue weighted by Gasteiger charge is -2.23. The summed E-state index contributed by atoms with van der Waals surface area (Å²) < 4.78 is 64.9. The summed E-state index contributed by atoms with van der Waals surface area (Å²) in [6, 6.07) is 0. The van der Waals surface area contributed by atoms with E-state index < -0.39 is 78.2 Å². The Morgan fingerprint density at radius 1 is 1.02 bits per heavy atom. The molecule has 0 saturated carbocycles. The van der Waals surface area contributed by atoms with Crippen molar-refractivity contribution in [2.75, 3.05) is 24.7 Å². The van der Waals surface area contributed by atoms with E-state index in [-0.39, 0.29) is 40.7 Å². The zero-order valence-electron chi connectivity index (χ0n) is 21.5. The van der Waals surface area contributed by atoms with Gasteiger partial charge in [-0.25, -0.2) is 28.9 Å². The van der Waals surface area contributed by atoms with Gasteiger partial charge in [0.2, 0.25) is 5.95 Å². The second kappa shape index (κ2) is 10.7. The summed E-state index contributed by atoms with van der Waals surface area (Å²) in [6.07, 6.45) is -7.55. The number of nitrogens with one attached hydrogen (secondary N) is 1. The molecule has 230 valence electrons. The van der Waals surface area contributed by atoms with Gasteiger partial charge < -0.3 is 40.0 Å². The van der Waals surface area contributed by atoms with E-state index in [1.54, 1.807) is 0 Å². The van der Waals surface area contributed by atoms with Crippen LogP contribution in [-0.2, 0) is 32.1 Å². The molecule has 4 aromatic rings. The first kappa shape index (κ1) is 28.5. The first-order valence-electron chi connectivity index (χ1n) is 12.6. The average molecular weight is 644 g/mol. The van der Waals surface area contributed by atoms with E-state index in [1.807, 2.05) is 0 Å². The van der Waals surface area contributed by atoms with Gasteiger partial charge >= 0.3 is 7.82 Å². The Labute approximate surface area is 240 Å². The molecule has 4 unspecified atom stereocenters. The van der Waals surface area contributed by atoms with Crippen LogP contribution in [0.3, 0.4) is 0 Å². The van der Waals surface area contributed by atoms with Gasteiger partial charge in [-0.05, 0) is 0 Å². The van der Waals surface area contributed by atoms with Crippen LogP contribution in [-0.4, -0.2) is 98.9 Å². The van der Waals surface area contributed by atoms with E-state index in [0.717, 1.165) is 0 Å². The summed E-state index contributed by atoms with van der Waals surface area (Å²) in [5.74, 6) is -0.117. The van der Waals surface area contributed by atoms with Crippen LogP contribution >= 0.6 is 16.9 Å². The number of nitrogens with two attached hydrogens (primary N) is 2. The topological polar surface area (TPSA) is 272 Å². The number of hydrogen-bond acceptors (Lipinski definition) is 16. The zero-order chi connectivity index (χ0) is 30.0. The van der Waals surface area contributed by atoms with Crippen molar-refractivity contribution in [2.45, 2.75) is 49.1 Å². The van der Waals surface area contributed by atoms with E-state index in [0.29, 0.717) is 0 Å². The largest absolute Gasteiger partial charge is 0.472 e. The Bertz CT molecular complexity index is 1790. The molecule has 3 fully saturated rings. The molecule has 23 heteroatoms. The van der Waals surface area contributed by atoms with Crippen molar-refractivity contribution >= 4 is 51.0 Å². The Kier molecular flexibility index (Phi) is 7.13. The lowest BCUT2D eigenvalue weighted by atomic mass is 10.1. The Balaban J connectivity index is 1.16. The maximum atomic E-state index is 15.8. The third-order valence-corrected chi connectivity index (χ3v) is 8.75. The zero-order valence-corrected chi connectivity index (χ0v) is 23.4. The van der Waals surface area contributed by atoms with E-state index in [4.69, 9.17) is 39.0 Å². The lowest BCUT2D eigenvalue weighted by Crippen LogP contribution is -2.34. The normalized spacial score (nSPS) is 36.0. The number of nitrogen functional groups attached to an aromatic ring is 2. The smallest absolute Gasteiger partial charge is 0.387 e. The van der Waals surface area contributed by atoms with Gasteiger partial charge in [0.15, 0.2) is 50.3 Å². The molecule has 20 nitrogen and oxygen atoms in total. The van der Waals surface area contributed by atoms with Crippen molar-refractivity contribution < 1.29 is 46.5 Å². The number of nitrogens with zero attached hydrogens (tertiary/aromatic N) is 7. The number of H-pyrrole nitrogens is 1. The maximum Gasteiger partial charge on any atom is 0.472 e. The molecule has 10 atom stereocenters. The lowest BCUT2D eigenvalue weighted by molar-refractivity contribution is -0.0597. The number of alkyl halides is 1. The van der Waals surface area contributed by atoms with Gasteiger partial charge in [0.1, 0.15) is 42.4 Å². The summed E-state index contributed by atoms with van der Waals surface area (Å²) in [7, 11) is -5.73. The van der Waals surface area contributed by atoms with Crippen LogP contribution in [0.2, 0.25) is 0 Å². The van der Waals surface area contributed by atoms with E-state index in [9.17, 15) is 19.4 Å². The summed E-state index contributed by atoms with van der Waals surface area (Å²) >= 11 is 0. The Morgan fingerprint density at radius 3 is 2.58 bits per heavy atom. The molecule has 7 N–H and O–H groups in total. The van der Waals surface area contributed by atoms with Crippen LogP contribution in [0, 0.1) is 0 Å². The molecule has 3 aliphatic heterocycles. The minimum atomic E-state index is -4.98. The predicted octanol–water partition coefficient (Wildman–Crippen LogP) is -0.956. The number of aromatic amines is 1. The number of anilines is 2. The predicted molar refractivity (Wildman–Crippen MR) is 141 cm³/mol. The second-order valence-corrected chi connectivity index (χ2v) is 11.8. The van der Waals surface area contributed by atoms with Crippen LogP contribution in [0.4, 0.5) is 16.2 Å². The number of ether oxygens (including phenoxy) is 2. The number of halogens is 1. The van der Waals surface area contributed by atoms with Gasteiger partial charge in [0.05, 0.1) is 25.9 Å². The number of aromatic nitrogens is 8. The van der Waals surface area contributed by atoms with Crippen molar-refractivity contribution in [1.82, 2.24) is 39.0 Å². The SMILES string of the molecule is Nc1nc2c(ncn2[C@@H]2O[C@@H]3COP(=O)(O)OC4[C@@H](COPO[C@H]2C3O)O[C@@H](n2cnc3c(N)ncnc32)[C@H]4F)c(=O)[nH]1. The summed E-state index contributed by atoms with van der Waals surface area (Å²) in [5.41, 5.74) is 11.3. The molecule has 0 aliphatic carbocycles. The fraction of sp³-hybridized carbons (Fsp3) is 0.500. The van der Waals surface area contributed by atoms with Gasteiger partial charge in [-0.3, -0.25) is 28.0 Å². The second-order valence-electron chi connectivity index (χ2n) is 9.73. The highest BCUT2D eigenvalue weighted by atomic mass is 31.2. The maximum absolute atomic E-state index is 15.8. The standard InChI is InChI=1S/C20H23FN10O10P2/c21-8-12-7(39-18(8)30-4-26-9-14(22)24-3-25-15(9)30)1-36-42-40-13-11(32)6(2-37-43(34,35)41-12)38-19(13)31-5-27-10-16(31)28-20(23)29-17(10)33/h3-8,11-13,18-19,32,42H,1-2H2,(H,34,35)(H2,22,24,25)(H3,23,28,29,33)/t6-,7-,8+,11?,12?,13+,18-,19-/m1/s1. The van der Waals surface area contributed by atoms with Crippen molar-refractivity contribution in [1.29, 1.82) is 0 Å². The summed E-state index contributed by atoms with van der Waals surface area (Å²) in [5, 5.41) is 11.0. The molecule has 3 saturated heterocycles. The number of aliphatic hydroxyl groups excluding tert-OH is 1. The molecular formula is C20H23FN10O10P2. The molecular weight excluding hydrogens is 621 g/mol. The number of fused-ring (bicyclic) bond motifs is 5. The number of imidazole rings is 2. The van der Waals surface area contributed by atoms with E-state index >= 15 is 4.39 Å². The monoisotopic (exact) mass is 644 g/mol. The fourth-order valence-corrected chi connectivity index (χ4v) is 6.75. The van der Waals surface area contributed by atoms with E-state index in [1.165, 1.54) is 28.1 Å². The van der Waals surface area contributed by atoms with Gasteiger partial charge in [0.25, 0.3) is 5.56 Å². The molecule has 0 spiro atoms. The van der Waals surface area contributed by atoms with Crippen LogP contribution in [0.1, 0.15) is 12.5 Å². The molecule has 7 heterocycles. The van der Waals surface area contributed by atoms with Crippen molar-refractivity contribution in [3.05, 3.63) is 29.3 Å². The highest BCUT2D eigenvalue weighted by Crippen LogP contribution is 2.51. The summed E-state index contributed by atoms with van der Waals surface area (Å²) in [6.45, 7) is -1.03. The van der Waals surface area contributed by atoms with E-state index in [2.05, 4.69) is 29.9 Å². The van der Waals surface area contributed by atoms with Gasteiger partial charge in [0, 0.05) is 0 Å². The van der Waals surface area contributed by atoms with Crippen LogP contribution in [0.25, 0.3) is 22.3 Å². The Morgan fingerprint density at radius 2 is 1.77 bits per heavy atom. The highest BCUT2D eigenvalue weighted by molar-refractivity contribution is 7.47. The minimum Gasteiger partial charge on any atom is -0.387 e. The quantitative estimate of drug-likeness (QED) is 0.164. The minimum absolute atomic E-state index is 0.0384. The van der Waals surface area contributed by atoms with Gasteiger partial charge in [-0.1, -0.05) is 0 Å². The third-order valence-electron chi connectivity index (χ3n) is 7.11. The fourth-order valence-electron chi connectivity index (χ4n) is 5.13. The molecule has 0 aromatic carbocycles.